The minimum Gasteiger partial charge on any atom is -0.469 e. The second-order valence-electron chi connectivity index (χ2n) is 6.95. The largest absolute Gasteiger partial charge is 0.469 e. The van der Waals surface area contributed by atoms with Gasteiger partial charge in [0.2, 0.25) is 0 Å². The molecule has 6 nitrogen and oxygen atoms in total. The van der Waals surface area contributed by atoms with Crippen LogP contribution in [0.15, 0.2) is 24.3 Å². The number of methoxy groups -OCH3 is 1. The Bertz CT molecular complexity index is 706. The minimum absolute atomic E-state index is 0.0272. The first-order chi connectivity index (χ1) is 12.5. The molecule has 0 bridgehead atoms. The average molecular weight is 357 g/mol. The highest BCUT2D eigenvalue weighted by Crippen LogP contribution is 2.30. The summed E-state index contributed by atoms with van der Waals surface area (Å²) < 4.78 is 4.74. The highest BCUT2D eigenvalue weighted by Gasteiger charge is 2.40. The summed E-state index contributed by atoms with van der Waals surface area (Å²) in [7, 11) is 1.29. The highest BCUT2D eigenvalue weighted by molar-refractivity contribution is 6.21. The molecule has 0 N–H and O–H groups in total. The number of amides is 2. The van der Waals surface area contributed by atoms with Gasteiger partial charge in [0, 0.05) is 12.3 Å². The second kappa shape index (κ2) is 7.81. The summed E-state index contributed by atoms with van der Waals surface area (Å²) in [6, 6.07) is 6.14. The van der Waals surface area contributed by atoms with Gasteiger partial charge in [-0.3, -0.25) is 24.1 Å². The molecular formula is C20H23NO5. The van der Waals surface area contributed by atoms with E-state index in [9.17, 15) is 19.2 Å². The number of rotatable bonds is 7. The van der Waals surface area contributed by atoms with Crippen molar-refractivity contribution in [2.24, 2.45) is 5.92 Å². The molecule has 1 heterocycles. The summed E-state index contributed by atoms with van der Waals surface area (Å²) in [6.45, 7) is 0. The van der Waals surface area contributed by atoms with Crippen molar-refractivity contribution in [3.8, 4) is 0 Å². The van der Waals surface area contributed by atoms with Crippen molar-refractivity contribution in [2.45, 2.75) is 51.0 Å². The van der Waals surface area contributed by atoms with Crippen LogP contribution in [-0.2, 0) is 14.3 Å². The summed E-state index contributed by atoms with van der Waals surface area (Å²) >= 11 is 0. The van der Waals surface area contributed by atoms with E-state index in [0.29, 0.717) is 36.2 Å². The standard InChI is InChI=1S/C20H23NO5/c1-26-18(23)12-14(8-4-6-13-7-5-11-17(13)22)21-19(24)15-9-2-3-10-16(15)20(21)25/h2-3,9-10,13-14H,4-8,11-12H2,1H3. The number of imide groups is 1. The van der Waals surface area contributed by atoms with Crippen LogP contribution in [0.5, 0.6) is 0 Å². The Morgan fingerprint density at radius 1 is 1.19 bits per heavy atom. The zero-order valence-corrected chi connectivity index (χ0v) is 14.9. The molecule has 2 aliphatic rings. The number of esters is 1. The third kappa shape index (κ3) is 3.54. The quantitative estimate of drug-likeness (QED) is 0.554. The Morgan fingerprint density at radius 2 is 1.85 bits per heavy atom. The first-order valence-electron chi connectivity index (χ1n) is 9.09. The van der Waals surface area contributed by atoms with Crippen molar-refractivity contribution in [2.75, 3.05) is 7.11 Å². The van der Waals surface area contributed by atoms with Crippen molar-refractivity contribution in [3.63, 3.8) is 0 Å². The molecule has 1 aliphatic heterocycles. The maximum Gasteiger partial charge on any atom is 0.307 e. The van der Waals surface area contributed by atoms with E-state index in [1.165, 1.54) is 12.0 Å². The molecular weight excluding hydrogens is 334 g/mol. The maximum atomic E-state index is 12.7. The summed E-state index contributed by atoms with van der Waals surface area (Å²) in [5.74, 6) is -0.803. The zero-order chi connectivity index (χ0) is 18.7. The number of hydrogen-bond donors (Lipinski definition) is 0. The predicted molar refractivity (Wildman–Crippen MR) is 93.6 cm³/mol. The van der Waals surface area contributed by atoms with Crippen molar-refractivity contribution in [1.82, 2.24) is 4.90 Å². The van der Waals surface area contributed by atoms with Gasteiger partial charge in [-0.1, -0.05) is 18.6 Å². The SMILES string of the molecule is COC(=O)CC(CCCC1CCCC1=O)N1C(=O)c2ccccc2C1=O. The fourth-order valence-electron chi connectivity index (χ4n) is 3.93. The molecule has 0 saturated heterocycles. The van der Waals surface area contributed by atoms with E-state index in [-0.39, 0.29) is 24.2 Å². The number of carbonyl (C=O) groups is 4. The number of ketones is 1. The monoisotopic (exact) mass is 357 g/mol. The molecule has 0 spiro atoms. The molecule has 2 amide bonds. The Kier molecular flexibility index (Phi) is 5.49. The molecule has 0 radical (unpaired) electrons. The van der Waals surface area contributed by atoms with E-state index in [0.717, 1.165) is 19.3 Å². The molecule has 1 aromatic rings. The zero-order valence-electron chi connectivity index (χ0n) is 14.9. The maximum absolute atomic E-state index is 12.7. The lowest BCUT2D eigenvalue weighted by Gasteiger charge is -2.25. The molecule has 2 unspecified atom stereocenters. The second-order valence-corrected chi connectivity index (χ2v) is 6.95. The summed E-state index contributed by atoms with van der Waals surface area (Å²) in [5.41, 5.74) is 0.747. The van der Waals surface area contributed by atoms with Crippen LogP contribution in [-0.4, -0.2) is 41.6 Å². The highest BCUT2D eigenvalue weighted by atomic mass is 16.5. The van der Waals surface area contributed by atoms with Crippen LogP contribution in [0.3, 0.4) is 0 Å². The fourth-order valence-corrected chi connectivity index (χ4v) is 3.93. The van der Waals surface area contributed by atoms with Crippen molar-refractivity contribution >= 4 is 23.6 Å². The number of ether oxygens (including phenoxy) is 1. The van der Waals surface area contributed by atoms with Gasteiger partial charge in [0.15, 0.2) is 0 Å². The number of benzene rings is 1. The summed E-state index contributed by atoms with van der Waals surface area (Å²) in [5, 5.41) is 0. The molecule has 138 valence electrons. The summed E-state index contributed by atoms with van der Waals surface area (Å²) in [6.07, 6.45) is 4.38. The van der Waals surface area contributed by atoms with Crippen molar-refractivity contribution < 1.29 is 23.9 Å². The molecule has 26 heavy (non-hydrogen) atoms. The van der Waals surface area contributed by atoms with Crippen LogP contribution in [0.4, 0.5) is 0 Å². The van der Waals surface area contributed by atoms with Crippen LogP contribution >= 0.6 is 0 Å². The van der Waals surface area contributed by atoms with Gasteiger partial charge >= 0.3 is 5.97 Å². The lowest BCUT2D eigenvalue weighted by atomic mass is 9.96. The lowest BCUT2D eigenvalue weighted by molar-refractivity contribution is -0.141. The van der Waals surface area contributed by atoms with E-state index in [4.69, 9.17) is 4.74 Å². The molecule has 1 fully saturated rings. The number of Topliss-reactive ketones (excluding diaryl/α,β-unsaturated/α-hetero) is 1. The van der Waals surface area contributed by atoms with Gasteiger partial charge in [0.1, 0.15) is 5.78 Å². The number of fused-ring (bicyclic) bond motifs is 1. The normalized spacial score (nSPS) is 20.4. The lowest BCUT2D eigenvalue weighted by Crippen LogP contribution is -2.41. The van der Waals surface area contributed by atoms with Crippen LogP contribution < -0.4 is 0 Å². The van der Waals surface area contributed by atoms with Gasteiger partial charge in [0.05, 0.1) is 30.7 Å². The van der Waals surface area contributed by atoms with E-state index in [2.05, 4.69) is 0 Å². The minimum atomic E-state index is -0.550. The Morgan fingerprint density at radius 3 is 2.38 bits per heavy atom. The van der Waals surface area contributed by atoms with Crippen LogP contribution in [0.1, 0.15) is 65.7 Å². The average Bonchev–Trinajstić information content (AvgIpc) is 3.16. The number of nitrogens with zero attached hydrogens (tertiary/aromatic N) is 1. The Hall–Kier alpha value is -2.50. The van der Waals surface area contributed by atoms with E-state index < -0.39 is 12.0 Å². The smallest absolute Gasteiger partial charge is 0.307 e. The van der Waals surface area contributed by atoms with E-state index in [1.54, 1.807) is 24.3 Å². The Balaban J connectivity index is 1.72. The molecule has 2 atom stereocenters. The molecule has 1 aromatic carbocycles. The van der Waals surface area contributed by atoms with Gasteiger partial charge in [-0.15, -0.1) is 0 Å². The molecule has 1 saturated carbocycles. The summed E-state index contributed by atoms with van der Waals surface area (Å²) in [4.78, 5) is 50.2. The van der Waals surface area contributed by atoms with Crippen molar-refractivity contribution in [3.05, 3.63) is 35.4 Å². The number of hydrogen-bond acceptors (Lipinski definition) is 5. The van der Waals surface area contributed by atoms with Crippen LogP contribution in [0, 0.1) is 5.92 Å². The predicted octanol–water partition coefficient (Wildman–Crippen LogP) is 2.75. The molecule has 0 aromatic heterocycles. The topological polar surface area (TPSA) is 80.8 Å². The number of carbonyl (C=O) groups excluding carboxylic acids is 4. The van der Waals surface area contributed by atoms with Gasteiger partial charge in [-0.2, -0.15) is 0 Å². The third-order valence-corrected chi connectivity index (χ3v) is 5.34. The first-order valence-corrected chi connectivity index (χ1v) is 9.09. The van der Waals surface area contributed by atoms with Gasteiger partial charge in [0.25, 0.3) is 11.8 Å². The van der Waals surface area contributed by atoms with E-state index >= 15 is 0 Å². The molecule has 6 heteroatoms. The van der Waals surface area contributed by atoms with Crippen molar-refractivity contribution in [1.29, 1.82) is 0 Å². The first kappa shape index (κ1) is 18.3. The van der Waals surface area contributed by atoms with Crippen LogP contribution in [0.25, 0.3) is 0 Å². The van der Waals surface area contributed by atoms with Gasteiger partial charge in [-0.05, 0) is 37.8 Å². The van der Waals surface area contributed by atoms with E-state index in [1.807, 2.05) is 0 Å². The molecule has 3 rings (SSSR count). The third-order valence-electron chi connectivity index (χ3n) is 5.34. The van der Waals surface area contributed by atoms with Crippen LogP contribution in [0.2, 0.25) is 0 Å². The van der Waals surface area contributed by atoms with Gasteiger partial charge < -0.3 is 4.74 Å². The fraction of sp³-hybridized carbons (Fsp3) is 0.500. The van der Waals surface area contributed by atoms with Gasteiger partial charge in [-0.25, -0.2) is 0 Å². The Labute approximate surface area is 152 Å². The molecule has 1 aliphatic carbocycles.